The smallest absolute Gasteiger partial charge is 0.167 e. The Balaban J connectivity index is 3.48. The van der Waals surface area contributed by atoms with E-state index >= 15 is 0 Å². The Kier molecular flexibility index (Phi) is 4.44. The summed E-state index contributed by atoms with van der Waals surface area (Å²) >= 11 is 6.22. The fourth-order valence-corrected chi connectivity index (χ4v) is 2.05. The van der Waals surface area contributed by atoms with Crippen molar-refractivity contribution < 1.29 is 14.6 Å². The van der Waals surface area contributed by atoms with Gasteiger partial charge < -0.3 is 14.6 Å². The average Bonchev–Trinajstić information content (AvgIpc) is 2.27. The van der Waals surface area contributed by atoms with Crippen LogP contribution >= 0.6 is 11.6 Å². The molecule has 16 heavy (non-hydrogen) atoms. The van der Waals surface area contributed by atoms with Crippen LogP contribution in [0.2, 0.25) is 5.02 Å². The van der Waals surface area contributed by atoms with Crippen LogP contribution in [0.3, 0.4) is 0 Å². The van der Waals surface area contributed by atoms with Gasteiger partial charge in [-0.15, -0.1) is 0 Å². The fraction of sp³-hybridized carbons (Fsp3) is 0.500. The summed E-state index contributed by atoms with van der Waals surface area (Å²) in [5, 5.41) is 9.89. The summed E-state index contributed by atoms with van der Waals surface area (Å²) in [4.78, 5) is 0. The third-order valence-electron chi connectivity index (χ3n) is 2.51. The highest BCUT2D eigenvalue weighted by atomic mass is 35.5. The van der Waals surface area contributed by atoms with Gasteiger partial charge in [-0.2, -0.15) is 0 Å². The van der Waals surface area contributed by atoms with Crippen molar-refractivity contribution in [1.82, 2.24) is 0 Å². The summed E-state index contributed by atoms with van der Waals surface area (Å²) < 4.78 is 10.4. The molecule has 0 aliphatic rings. The summed E-state index contributed by atoms with van der Waals surface area (Å²) in [6.07, 6.45) is 0. The lowest BCUT2D eigenvalue weighted by molar-refractivity contribution is 0.269. The van der Waals surface area contributed by atoms with Crippen LogP contribution in [0.5, 0.6) is 11.5 Å². The van der Waals surface area contributed by atoms with Gasteiger partial charge in [0.2, 0.25) is 0 Å². The average molecular weight is 245 g/mol. The molecule has 0 heterocycles. The standard InChI is InChI=1S/C12H17ClO3/c1-7(2)8-5-10(15-3)12(16-4)9(6-14)11(8)13/h5,7,14H,6H2,1-4H3. The molecule has 0 aliphatic heterocycles. The van der Waals surface area contributed by atoms with E-state index in [1.807, 2.05) is 19.9 Å². The molecule has 0 aromatic heterocycles. The van der Waals surface area contributed by atoms with E-state index in [4.69, 9.17) is 21.1 Å². The lowest BCUT2D eigenvalue weighted by Crippen LogP contribution is -2.01. The largest absolute Gasteiger partial charge is 0.493 e. The molecule has 1 rings (SSSR count). The van der Waals surface area contributed by atoms with Crippen molar-refractivity contribution in [3.8, 4) is 11.5 Å². The maximum Gasteiger partial charge on any atom is 0.167 e. The number of hydrogen-bond acceptors (Lipinski definition) is 3. The first-order chi connectivity index (χ1) is 7.56. The third kappa shape index (κ3) is 2.25. The number of rotatable bonds is 4. The lowest BCUT2D eigenvalue weighted by Gasteiger charge is -2.18. The first-order valence-electron chi connectivity index (χ1n) is 5.10. The molecule has 0 spiro atoms. The Morgan fingerprint density at radius 3 is 2.31 bits per heavy atom. The lowest BCUT2D eigenvalue weighted by atomic mass is 9.99. The molecule has 1 aromatic rings. The Bertz CT molecular complexity index is 375. The van der Waals surface area contributed by atoms with Crippen molar-refractivity contribution in [3.63, 3.8) is 0 Å². The van der Waals surface area contributed by atoms with Gasteiger partial charge in [0.05, 0.1) is 25.8 Å². The zero-order chi connectivity index (χ0) is 12.3. The fourth-order valence-electron chi connectivity index (χ4n) is 1.63. The second-order valence-corrected chi connectivity index (χ2v) is 4.18. The van der Waals surface area contributed by atoms with Gasteiger partial charge in [-0.3, -0.25) is 0 Å². The third-order valence-corrected chi connectivity index (χ3v) is 2.95. The number of aliphatic hydroxyl groups is 1. The van der Waals surface area contributed by atoms with E-state index in [1.165, 1.54) is 7.11 Å². The van der Waals surface area contributed by atoms with E-state index in [2.05, 4.69) is 0 Å². The summed E-state index contributed by atoms with van der Waals surface area (Å²) in [6.45, 7) is 3.90. The highest BCUT2D eigenvalue weighted by molar-refractivity contribution is 6.32. The number of ether oxygens (including phenoxy) is 2. The Labute approximate surface area is 101 Å². The molecular weight excluding hydrogens is 228 g/mol. The molecule has 0 amide bonds. The number of halogens is 1. The van der Waals surface area contributed by atoms with E-state index < -0.39 is 0 Å². The maximum atomic E-state index is 9.34. The van der Waals surface area contributed by atoms with Crippen molar-refractivity contribution in [3.05, 3.63) is 22.2 Å². The van der Waals surface area contributed by atoms with Crippen LogP contribution in [-0.2, 0) is 6.61 Å². The number of benzene rings is 1. The molecule has 0 radical (unpaired) electrons. The molecule has 0 bridgehead atoms. The quantitative estimate of drug-likeness (QED) is 0.885. The SMILES string of the molecule is COc1cc(C(C)C)c(Cl)c(CO)c1OC. The molecule has 0 saturated carbocycles. The van der Waals surface area contributed by atoms with Crippen molar-refractivity contribution in [1.29, 1.82) is 0 Å². The highest BCUT2D eigenvalue weighted by Crippen LogP contribution is 2.41. The normalized spacial score (nSPS) is 10.7. The molecule has 3 nitrogen and oxygen atoms in total. The Morgan fingerprint density at radius 2 is 1.94 bits per heavy atom. The topological polar surface area (TPSA) is 38.7 Å². The minimum atomic E-state index is -0.168. The molecule has 0 atom stereocenters. The van der Waals surface area contributed by atoms with Crippen LogP contribution in [0.25, 0.3) is 0 Å². The summed E-state index contributed by atoms with van der Waals surface area (Å²) in [7, 11) is 3.10. The van der Waals surface area contributed by atoms with Crippen molar-refractivity contribution in [2.24, 2.45) is 0 Å². The Hall–Kier alpha value is -0.930. The zero-order valence-electron chi connectivity index (χ0n) is 10.0. The second-order valence-electron chi connectivity index (χ2n) is 3.81. The van der Waals surface area contributed by atoms with Crippen LogP contribution in [0.1, 0.15) is 30.9 Å². The van der Waals surface area contributed by atoms with E-state index in [0.717, 1.165) is 5.56 Å². The summed E-state index contributed by atoms with van der Waals surface area (Å²) in [5.41, 5.74) is 1.52. The molecule has 90 valence electrons. The van der Waals surface area contributed by atoms with Crippen LogP contribution in [-0.4, -0.2) is 19.3 Å². The van der Waals surface area contributed by atoms with E-state index in [9.17, 15) is 5.11 Å². The van der Waals surface area contributed by atoms with Gasteiger partial charge in [-0.1, -0.05) is 25.4 Å². The van der Waals surface area contributed by atoms with Gasteiger partial charge in [0.25, 0.3) is 0 Å². The van der Waals surface area contributed by atoms with Crippen LogP contribution in [0.15, 0.2) is 6.07 Å². The van der Waals surface area contributed by atoms with Crippen LogP contribution in [0, 0.1) is 0 Å². The molecular formula is C12H17ClO3. The first kappa shape index (κ1) is 13.1. The Morgan fingerprint density at radius 1 is 1.31 bits per heavy atom. The highest BCUT2D eigenvalue weighted by Gasteiger charge is 2.19. The van der Waals surface area contributed by atoms with Crippen molar-refractivity contribution in [2.75, 3.05) is 14.2 Å². The molecule has 1 aromatic carbocycles. The van der Waals surface area contributed by atoms with Crippen LogP contribution in [0.4, 0.5) is 0 Å². The first-order valence-corrected chi connectivity index (χ1v) is 5.48. The number of methoxy groups -OCH3 is 2. The summed E-state index contributed by atoms with van der Waals surface area (Å²) in [6, 6.07) is 1.85. The van der Waals surface area contributed by atoms with E-state index in [-0.39, 0.29) is 12.5 Å². The van der Waals surface area contributed by atoms with E-state index in [0.29, 0.717) is 22.1 Å². The van der Waals surface area contributed by atoms with Gasteiger partial charge >= 0.3 is 0 Å². The molecule has 0 saturated heterocycles. The van der Waals surface area contributed by atoms with Gasteiger partial charge in [0.15, 0.2) is 11.5 Å². The predicted molar refractivity (Wildman–Crippen MR) is 64.6 cm³/mol. The number of aliphatic hydroxyl groups excluding tert-OH is 1. The van der Waals surface area contributed by atoms with E-state index in [1.54, 1.807) is 7.11 Å². The van der Waals surface area contributed by atoms with Crippen molar-refractivity contribution >= 4 is 11.6 Å². The van der Waals surface area contributed by atoms with Gasteiger partial charge in [0.1, 0.15) is 0 Å². The van der Waals surface area contributed by atoms with Gasteiger partial charge in [0, 0.05) is 5.56 Å². The predicted octanol–water partition coefficient (Wildman–Crippen LogP) is 2.97. The minimum Gasteiger partial charge on any atom is -0.493 e. The maximum absolute atomic E-state index is 9.34. The molecule has 4 heteroatoms. The van der Waals surface area contributed by atoms with Crippen LogP contribution < -0.4 is 9.47 Å². The van der Waals surface area contributed by atoms with Gasteiger partial charge in [-0.05, 0) is 17.5 Å². The minimum absolute atomic E-state index is 0.168. The zero-order valence-corrected chi connectivity index (χ0v) is 10.8. The molecule has 0 fully saturated rings. The molecule has 1 N–H and O–H groups in total. The monoisotopic (exact) mass is 244 g/mol. The van der Waals surface area contributed by atoms with Crippen molar-refractivity contribution in [2.45, 2.75) is 26.4 Å². The summed E-state index contributed by atoms with van der Waals surface area (Å²) in [5.74, 6) is 1.36. The van der Waals surface area contributed by atoms with Gasteiger partial charge in [-0.25, -0.2) is 0 Å². The number of hydrogen-bond donors (Lipinski definition) is 1. The molecule has 0 aliphatic carbocycles. The molecule has 0 unspecified atom stereocenters. The second kappa shape index (κ2) is 5.41.